The number of carbonyl (C=O) groups excluding carboxylic acids is 1. The van der Waals surface area contributed by atoms with Crippen molar-refractivity contribution in [2.45, 2.75) is 51.5 Å². The number of nitrogens with zero attached hydrogens (tertiary/aromatic N) is 2. The molecule has 0 bridgehead atoms. The highest BCUT2D eigenvalue weighted by Gasteiger charge is 2.16. The molecule has 1 aromatic rings. The molecule has 1 amide bonds. The van der Waals surface area contributed by atoms with E-state index in [4.69, 9.17) is 12.2 Å². The summed E-state index contributed by atoms with van der Waals surface area (Å²) in [6, 6.07) is 0. The zero-order chi connectivity index (χ0) is 13.7. The molecule has 19 heavy (non-hydrogen) atoms. The number of hydrogen-bond acceptors (Lipinski definition) is 3. The van der Waals surface area contributed by atoms with Crippen LogP contribution in [0.25, 0.3) is 0 Å². The summed E-state index contributed by atoms with van der Waals surface area (Å²) in [6.45, 7) is 0.440. The molecule has 5 nitrogen and oxygen atoms in total. The second-order valence-corrected chi connectivity index (χ2v) is 5.73. The Morgan fingerprint density at radius 3 is 2.68 bits per heavy atom. The van der Waals surface area contributed by atoms with Crippen LogP contribution in [0, 0.1) is 10.7 Å². The Kier molecular flexibility index (Phi) is 5.13. The molecule has 0 saturated heterocycles. The van der Waals surface area contributed by atoms with Gasteiger partial charge in [-0.1, -0.05) is 25.7 Å². The summed E-state index contributed by atoms with van der Waals surface area (Å²) in [5.41, 5.74) is 0. The van der Waals surface area contributed by atoms with Gasteiger partial charge in [-0.3, -0.25) is 9.89 Å². The smallest absolute Gasteiger partial charge is 0.220 e. The summed E-state index contributed by atoms with van der Waals surface area (Å²) >= 11 is 5.03. The Bertz CT molecular complexity index is 471. The van der Waals surface area contributed by atoms with Crippen molar-refractivity contribution in [1.29, 1.82) is 0 Å². The third-order valence-electron chi connectivity index (χ3n) is 3.86. The number of rotatable bonds is 4. The lowest BCUT2D eigenvalue weighted by Crippen LogP contribution is -2.26. The van der Waals surface area contributed by atoms with Gasteiger partial charge in [0.05, 0.1) is 6.54 Å². The largest absolute Gasteiger partial charge is 0.349 e. The van der Waals surface area contributed by atoms with E-state index < -0.39 is 0 Å². The standard InChI is InChI=1S/C13H22N4OS/c1-17-11(15-16-13(17)19)9-14-12(18)8-10-6-4-2-3-5-7-10/h10H,2-9H2,1H3,(H,14,18)(H,16,19). The van der Waals surface area contributed by atoms with Crippen LogP contribution in [-0.2, 0) is 18.4 Å². The van der Waals surface area contributed by atoms with Crippen molar-refractivity contribution < 1.29 is 4.79 Å². The van der Waals surface area contributed by atoms with Gasteiger partial charge < -0.3 is 9.88 Å². The minimum atomic E-state index is 0.126. The first-order valence-corrected chi connectivity index (χ1v) is 7.44. The lowest BCUT2D eigenvalue weighted by molar-refractivity contribution is -0.122. The zero-order valence-electron chi connectivity index (χ0n) is 11.4. The lowest BCUT2D eigenvalue weighted by atomic mass is 9.96. The topological polar surface area (TPSA) is 62.7 Å². The number of amides is 1. The molecule has 0 radical (unpaired) electrons. The summed E-state index contributed by atoms with van der Waals surface area (Å²) in [6.07, 6.45) is 8.22. The van der Waals surface area contributed by atoms with E-state index >= 15 is 0 Å². The maximum Gasteiger partial charge on any atom is 0.220 e. The van der Waals surface area contributed by atoms with Gasteiger partial charge in [-0.05, 0) is 31.0 Å². The fraction of sp³-hybridized carbons (Fsp3) is 0.769. The minimum Gasteiger partial charge on any atom is -0.349 e. The van der Waals surface area contributed by atoms with E-state index in [1.165, 1.54) is 38.5 Å². The molecule has 1 aliphatic rings. The van der Waals surface area contributed by atoms with Gasteiger partial charge in [-0.25, -0.2) is 0 Å². The summed E-state index contributed by atoms with van der Waals surface area (Å²) in [5.74, 6) is 1.45. The molecule has 0 atom stereocenters. The average molecular weight is 282 g/mol. The Hall–Kier alpha value is -1.17. The van der Waals surface area contributed by atoms with Gasteiger partial charge in [0.2, 0.25) is 5.91 Å². The second-order valence-electron chi connectivity index (χ2n) is 5.34. The van der Waals surface area contributed by atoms with Crippen LogP contribution < -0.4 is 5.32 Å². The number of aromatic amines is 1. The van der Waals surface area contributed by atoms with E-state index in [1.54, 1.807) is 4.57 Å². The van der Waals surface area contributed by atoms with E-state index in [1.807, 2.05) is 7.05 Å². The Balaban J connectivity index is 1.78. The molecule has 1 aromatic heterocycles. The van der Waals surface area contributed by atoms with Gasteiger partial charge >= 0.3 is 0 Å². The van der Waals surface area contributed by atoms with Gasteiger partial charge in [0.1, 0.15) is 0 Å². The second kappa shape index (κ2) is 6.84. The van der Waals surface area contributed by atoms with Crippen LogP contribution >= 0.6 is 12.2 Å². The molecular formula is C13H22N4OS. The molecule has 2 rings (SSSR count). The molecule has 1 aliphatic carbocycles. The Labute approximate surface area is 118 Å². The first-order valence-electron chi connectivity index (χ1n) is 7.04. The van der Waals surface area contributed by atoms with Crippen molar-refractivity contribution in [1.82, 2.24) is 20.1 Å². The maximum atomic E-state index is 11.9. The first kappa shape index (κ1) is 14.2. The molecule has 0 aromatic carbocycles. The highest BCUT2D eigenvalue weighted by atomic mass is 32.1. The predicted molar refractivity (Wildman–Crippen MR) is 76.0 cm³/mol. The summed E-state index contributed by atoms with van der Waals surface area (Å²) < 4.78 is 2.36. The van der Waals surface area contributed by atoms with E-state index in [-0.39, 0.29) is 5.91 Å². The monoisotopic (exact) mass is 282 g/mol. The van der Waals surface area contributed by atoms with Crippen molar-refractivity contribution in [3.63, 3.8) is 0 Å². The van der Waals surface area contributed by atoms with Crippen molar-refractivity contribution in [2.75, 3.05) is 0 Å². The molecule has 6 heteroatoms. The van der Waals surface area contributed by atoms with Gasteiger partial charge in [0.25, 0.3) is 0 Å². The van der Waals surface area contributed by atoms with Crippen LogP contribution in [0.15, 0.2) is 0 Å². The molecule has 2 N–H and O–H groups in total. The van der Waals surface area contributed by atoms with Gasteiger partial charge in [0, 0.05) is 13.5 Å². The van der Waals surface area contributed by atoms with Crippen LogP contribution in [0.4, 0.5) is 0 Å². The molecule has 1 saturated carbocycles. The average Bonchev–Trinajstić information content (AvgIpc) is 2.60. The fourth-order valence-electron chi connectivity index (χ4n) is 2.62. The van der Waals surface area contributed by atoms with Crippen molar-refractivity contribution in [2.24, 2.45) is 13.0 Å². The van der Waals surface area contributed by atoms with Gasteiger partial charge in [-0.2, -0.15) is 5.10 Å². The molecule has 1 heterocycles. The highest BCUT2D eigenvalue weighted by Crippen LogP contribution is 2.25. The van der Waals surface area contributed by atoms with E-state index in [2.05, 4.69) is 15.5 Å². The number of H-pyrrole nitrogens is 1. The first-order chi connectivity index (χ1) is 9.16. The number of carbonyl (C=O) groups is 1. The minimum absolute atomic E-state index is 0.126. The molecular weight excluding hydrogens is 260 g/mol. The zero-order valence-corrected chi connectivity index (χ0v) is 12.3. The summed E-state index contributed by atoms with van der Waals surface area (Å²) in [7, 11) is 1.85. The Morgan fingerprint density at radius 1 is 1.42 bits per heavy atom. The van der Waals surface area contributed by atoms with Crippen LogP contribution in [0.3, 0.4) is 0 Å². The van der Waals surface area contributed by atoms with Gasteiger partial charge in [0.15, 0.2) is 10.6 Å². The van der Waals surface area contributed by atoms with Crippen LogP contribution in [0.2, 0.25) is 0 Å². The molecule has 0 aliphatic heterocycles. The normalized spacial score (nSPS) is 17.1. The van der Waals surface area contributed by atoms with Crippen LogP contribution in [0.1, 0.15) is 50.8 Å². The molecule has 0 unspecified atom stereocenters. The number of aromatic nitrogens is 3. The third-order valence-corrected chi connectivity index (χ3v) is 4.23. The summed E-state index contributed by atoms with van der Waals surface area (Å²) in [4.78, 5) is 11.9. The fourth-order valence-corrected chi connectivity index (χ4v) is 2.77. The van der Waals surface area contributed by atoms with Gasteiger partial charge in [-0.15, -0.1) is 0 Å². The molecule has 0 spiro atoms. The third kappa shape index (κ3) is 4.16. The van der Waals surface area contributed by atoms with Crippen molar-refractivity contribution in [3.05, 3.63) is 10.6 Å². The summed E-state index contributed by atoms with van der Waals surface area (Å²) in [5, 5.41) is 9.73. The predicted octanol–water partition coefficient (Wildman–Crippen LogP) is 2.45. The van der Waals surface area contributed by atoms with Crippen LogP contribution in [-0.4, -0.2) is 20.7 Å². The van der Waals surface area contributed by atoms with E-state index in [0.29, 0.717) is 23.7 Å². The number of hydrogen-bond donors (Lipinski definition) is 2. The maximum absolute atomic E-state index is 11.9. The van der Waals surface area contributed by atoms with E-state index in [0.717, 1.165) is 5.82 Å². The Morgan fingerprint density at radius 2 is 2.11 bits per heavy atom. The highest BCUT2D eigenvalue weighted by molar-refractivity contribution is 7.71. The van der Waals surface area contributed by atoms with E-state index in [9.17, 15) is 4.79 Å². The SMILES string of the molecule is Cn1c(CNC(=O)CC2CCCCCC2)n[nH]c1=S. The number of nitrogens with one attached hydrogen (secondary N) is 2. The lowest BCUT2D eigenvalue weighted by Gasteiger charge is -2.13. The molecule has 106 valence electrons. The van der Waals surface area contributed by atoms with Crippen molar-refractivity contribution >= 4 is 18.1 Å². The quantitative estimate of drug-likeness (QED) is 0.658. The van der Waals surface area contributed by atoms with Crippen LogP contribution in [0.5, 0.6) is 0 Å². The van der Waals surface area contributed by atoms with Crippen molar-refractivity contribution in [3.8, 4) is 0 Å². The molecule has 1 fully saturated rings.